The maximum atomic E-state index is 12.8. The van der Waals surface area contributed by atoms with E-state index in [0.717, 1.165) is 23.5 Å². The summed E-state index contributed by atoms with van der Waals surface area (Å²) in [6, 6.07) is 18.6. The van der Waals surface area contributed by atoms with E-state index in [-0.39, 0.29) is 11.9 Å². The van der Waals surface area contributed by atoms with Crippen LogP contribution in [0, 0.1) is 0 Å². The lowest BCUT2D eigenvalue weighted by Gasteiger charge is -2.31. The van der Waals surface area contributed by atoms with Crippen LogP contribution in [0.3, 0.4) is 0 Å². The molecule has 138 valence electrons. The van der Waals surface area contributed by atoms with Gasteiger partial charge in [-0.2, -0.15) is 0 Å². The molecule has 1 aliphatic rings. The molecule has 0 unspecified atom stereocenters. The van der Waals surface area contributed by atoms with Crippen molar-refractivity contribution in [1.29, 1.82) is 0 Å². The Hall–Kier alpha value is -1.78. The van der Waals surface area contributed by atoms with Gasteiger partial charge in [0.2, 0.25) is 0 Å². The second-order valence-electron chi connectivity index (χ2n) is 6.79. The van der Waals surface area contributed by atoms with Gasteiger partial charge in [0.25, 0.3) is 5.91 Å². The highest BCUT2D eigenvalue weighted by Gasteiger charge is 2.22. The fourth-order valence-corrected chi connectivity index (χ4v) is 4.25. The molecule has 2 aromatic rings. The number of amides is 1. The molecule has 0 aromatic heterocycles. The molecule has 4 heteroatoms. The highest BCUT2D eigenvalue weighted by Crippen LogP contribution is 2.24. The third kappa shape index (κ3) is 4.89. The molecule has 0 radical (unpaired) electrons. The van der Waals surface area contributed by atoms with Crippen LogP contribution in [0.15, 0.2) is 59.5 Å². The third-order valence-corrected chi connectivity index (χ3v) is 5.87. The number of carbonyl (C=O) groups is 1. The number of hydrogen-bond donors (Lipinski definition) is 1. The lowest BCUT2D eigenvalue weighted by molar-refractivity contribution is 0.0930. The zero-order valence-corrected chi connectivity index (χ0v) is 16.3. The summed E-state index contributed by atoms with van der Waals surface area (Å²) in [6.07, 6.45) is 7.12. The van der Waals surface area contributed by atoms with E-state index in [1.165, 1.54) is 31.2 Å². The van der Waals surface area contributed by atoms with Crippen LogP contribution in [0.25, 0.3) is 0 Å². The normalized spacial score (nSPS) is 16.7. The number of likely N-dealkylation sites (tertiary alicyclic amines) is 1. The Morgan fingerprint density at radius 3 is 2.35 bits per heavy atom. The standard InChI is InChI=1S/C22H28N2OS/c1-26-21-14-8-7-13-19(21)22(25)23-17-20(18-11-5-4-6-12-18)24-15-9-2-3-10-16-24/h4-8,11-14,20H,2-3,9-10,15-17H2,1H3,(H,23,25)/t20-/m1/s1. The van der Waals surface area contributed by atoms with Crippen LogP contribution < -0.4 is 5.32 Å². The van der Waals surface area contributed by atoms with E-state index in [9.17, 15) is 4.79 Å². The summed E-state index contributed by atoms with van der Waals surface area (Å²) in [7, 11) is 0. The molecular formula is C22H28N2OS. The minimum Gasteiger partial charge on any atom is -0.350 e. The van der Waals surface area contributed by atoms with E-state index in [1.54, 1.807) is 11.8 Å². The smallest absolute Gasteiger partial charge is 0.252 e. The number of hydrogen-bond acceptors (Lipinski definition) is 3. The Morgan fingerprint density at radius 1 is 1.00 bits per heavy atom. The highest BCUT2D eigenvalue weighted by atomic mass is 32.2. The average molecular weight is 369 g/mol. The van der Waals surface area contributed by atoms with Crippen molar-refractivity contribution < 1.29 is 4.79 Å². The first kappa shape index (κ1) is 19.0. The van der Waals surface area contributed by atoms with Crippen molar-refractivity contribution in [3.63, 3.8) is 0 Å². The van der Waals surface area contributed by atoms with Crippen LogP contribution in [0.4, 0.5) is 0 Å². The predicted octanol–water partition coefficient (Wildman–Crippen LogP) is 4.76. The molecule has 3 nitrogen and oxygen atoms in total. The summed E-state index contributed by atoms with van der Waals surface area (Å²) in [5, 5.41) is 3.20. The van der Waals surface area contributed by atoms with E-state index in [4.69, 9.17) is 0 Å². The summed E-state index contributed by atoms with van der Waals surface area (Å²) in [5.74, 6) is 0.0192. The molecule has 1 heterocycles. The Labute approximate surface area is 161 Å². The molecule has 1 atom stereocenters. The molecule has 2 aromatic carbocycles. The zero-order chi connectivity index (χ0) is 18.2. The second kappa shape index (κ2) is 9.79. The molecule has 1 amide bonds. The van der Waals surface area contributed by atoms with Crippen molar-refractivity contribution >= 4 is 17.7 Å². The van der Waals surface area contributed by atoms with Gasteiger partial charge in [-0.15, -0.1) is 11.8 Å². The van der Waals surface area contributed by atoms with E-state index in [1.807, 2.05) is 30.5 Å². The zero-order valence-electron chi connectivity index (χ0n) is 15.5. The van der Waals surface area contributed by atoms with Crippen LogP contribution in [0.1, 0.15) is 47.6 Å². The third-order valence-electron chi connectivity index (χ3n) is 5.07. The van der Waals surface area contributed by atoms with Gasteiger partial charge < -0.3 is 5.32 Å². The Bertz CT molecular complexity index is 696. The van der Waals surface area contributed by atoms with Gasteiger partial charge >= 0.3 is 0 Å². The Kier molecular flexibility index (Phi) is 7.15. The summed E-state index contributed by atoms with van der Waals surface area (Å²) in [5.41, 5.74) is 2.05. The summed E-state index contributed by atoms with van der Waals surface area (Å²) >= 11 is 1.61. The SMILES string of the molecule is CSc1ccccc1C(=O)NC[C@H](c1ccccc1)N1CCCCCC1. The fraction of sp³-hybridized carbons (Fsp3) is 0.409. The monoisotopic (exact) mass is 368 g/mol. The summed E-state index contributed by atoms with van der Waals surface area (Å²) in [4.78, 5) is 16.3. The van der Waals surface area contributed by atoms with Crippen LogP contribution in [0.5, 0.6) is 0 Å². The van der Waals surface area contributed by atoms with Crippen molar-refractivity contribution in [3.8, 4) is 0 Å². The van der Waals surface area contributed by atoms with E-state index in [2.05, 4.69) is 40.5 Å². The molecular weight excluding hydrogens is 340 g/mol. The number of nitrogens with zero attached hydrogens (tertiary/aromatic N) is 1. The molecule has 0 bridgehead atoms. The largest absolute Gasteiger partial charge is 0.350 e. The number of thioether (sulfide) groups is 1. The molecule has 3 rings (SSSR count). The lowest BCUT2D eigenvalue weighted by atomic mass is 10.0. The van der Waals surface area contributed by atoms with Crippen molar-refractivity contribution in [1.82, 2.24) is 10.2 Å². The van der Waals surface area contributed by atoms with Crippen molar-refractivity contribution in [3.05, 3.63) is 65.7 Å². The molecule has 26 heavy (non-hydrogen) atoms. The van der Waals surface area contributed by atoms with Crippen LogP contribution in [-0.2, 0) is 0 Å². The second-order valence-corrected chi connectivity index (χ2v) is 7.64. The molecule has 0 spiro atoms. The van der Waals surface area contributed by atoms with Gasteiger partial charge in [-0.3, -0.25) is 9.69 Å². The van der Waals surface area contributed by atoms with Crippen LogP contribution in [-0.4, -0.2) is 36.7 Å². The minimum atomic E-state index is 0.0192. The van der Waals surface area contributed by atoms with Crippen molar-refractivity contribution in [2.45, 2.75) is 36.6 Å². The van der Waals surface area contributed by atoms with Gasteiger partial charge in [0.15, 0.2) is 0 Å². The number of carbonyl (C=O) groups excluding carboxylic acids is 1. The maximum Gasteiger partial charge on any atom is 0.252 e. The molecule has 1 saturated heterocycles. The summed E-state index contributed by atoms with van der Waals surface area (Å²) < 4.78 is 0. The molecule has 1 N–H and O–H groups in total. The van der Waals surface area contributed by atoms with Crippen molar-refractivity contribution in [2.75, 3.05) is 25.9 Å². The van der Waals surface area contributed by atoms with Gasteiger partial charge in [0.05, 0.1) is 11.6 Å². The van der Waals surface area contributed by atoms with E-state index >= 15 is 0 Å². The Morgan fingerprint density at radius 2 is 1.65 bits per heavy atom. The first-order valence-corrected chi connectivity index (χ1v) is 10.7. The first-order valence-electron chi connectivity index (χ1n) is 9.50. The van der Waals surface area contributed by atoms with Gasteiger partial charge in [-0.05, 0) is 49.9 Å². The van der Waals surface area contributed by atoms with Gasteiger partial charge in [0.1, 0.15) is 0 Å². The van der Waals surface area contributed by atoms with E-state index < -0.39 is 0 Å². The van der Waals surface area contributed by atoms with Crippen LogP contribution >= 0.6 is 11.8 Å². The average Bonchev–Trinajstić information content (AvgIpc) is 2.98. The maximum absolute atomic E-state index is 12.8. The number of nitrogens with one attached hydrogen (secondary N) is 1. The molecule has 0 saturated carbocycles. The lowest BCUT2D eigenvalue weighted by Crippen LogP contribution is -2.38. The predicted molar refractivity (Wildman–Crippen MR) is 110 cm³/mol. The van der Waals surface area contributed by atoms with Gasteiger partial charge in [-0.1, -0.05) is 55.3 Å². The quantitative estimate of drug-likeness (QED) is 0.747. The van der Waals surface area contributed by atoms with Crippen LogP contribution in [0.2, 0.25) is 0 Å². The molecule has 1 fully saturated rings. The molecule has 0 aliphatic carbocycles. The highest BCUT2D eigenvalue weighted by molar-refractivity contribution is 7.98. The van der Waals surface area contributed by atoms with Gasteiger partial charge in [0, 0.05) is 11.4 Å². The molecule has 1 aliphatic heterocycles. The number of benzene rings is 2. The summed E-state index contributed by atoms with van der Waals surface area (Å²) in [6.45, 7) is 2.86. The Balaban J connectivity index is 1.74. The number of rotatable bonds is 6. The fourth-order valence-electron chi connectivity index (χ4n) is 3.66. The van der Waals surface area contributed by atoms with Crippen molar-refractivity contribution in [2.24, 2.45) is 0 Å². The topological polar surface area (TPSA) is 32.3 Å². The van der Waals surface area contributed by atoms with Gasteiger partial charge in [-0.25, -0.2) is 0 Å². The first-order chi connectivity index (χ1) is 12.8. The van der Waals surface area contributed by atoms with E-state index in [0.29, 0.717) is 6.54 Å². The minimum absolute atomic E-state index is 0.0192.